The molecule has 0 bridgehead atoms. The third-order valence-corrected chi connectivity index (χ3v) is 3.40. The van der Waals surface area contributed by atoms with E-state index >= 15 is 0 Å². The molecular formula is C15H21N3O3. The van der Waals surface area contributed by atoms with Crippen molar-refractivity contribution in [1.29, 1.82) is 0 Å². The van der Waals surface area contributed by atoms with Crippen molar-refractivity contribution >= 4 is 12.1 Å². The summed E-state index contributed by atoms with van der Waals surface area (Å²) in [6.45, 7) is 2.38. The molecule has 0 aliphatic carbocycles. The Morgan fingerprint density at radius 2 is 2.10 bits per heavy atom. The summed E-state index contributed by atoms with van der Waals surface area (Å²) < 4.78 is 10.4. The second-order valence-corrected chi connectivity index (χ2v) is 4.88. The van der Waals surface area contributed by atoms with Gasteiger partial charge in [0.15, 0.2) is 0 Å². The van der Waals surface area contributed by atoms with Gasteiger partial charge >= 0.3 is 0 Å². The number of benzene rings is 1. The second-order valence-electron chi connectivity index (χ2n) is 4.88. The van der Waals surface area contributed by atoms with E-state index in [1.807, 2.05) is 12.1 Å². The third-order valence-electron chi connectivity index (χ3n) is 3.40. The van der Waals surface area contributed by atoms with Crippen LogP contribution >= 0.6 is 0 Å². The summed E-state index contributed by atoms with van der Waals surface area (Å²) in [5.74, 6) is 1.26. The van der Waals surface area contributed by atoms with Gasteiger partial charge in [0.25, 0.3) is 5.91 Å². The summed E-state index contributed by atoms with van der Waals surface area (Å²) in [6.07, 6.45) is 3.90. The standard InChI is InChI=1S/C15H21N3O3/c1-20-13-6-5-12(14(9-13)21-2)10-16-17-15(19)11-18-7-3-4-8-18/h5-6,9-10H,3-4,7-8,11H2,1-2H3,(H,17,19). The number of nitrogens with zero attached hydrogens (tertiary/aromatic N) is 2. The highest BCUT2D eigenvalue weighted by Gasteiger charge is 2.14. The molecule has 1 N–H and O–H groups in total. The van der Waals surface area contributed by atoms with E-state index < -0.39 is 0 Å². The maximum Gasteiger partial charge on any atom is 0.254 e. The van der Waals surface area contributed by atoms with Gasteiger partial charge in [-0.25, -0.2) is 5.43 Å². The lowest BCUT2D eigenvalue weighted by molar-refractivity contribution is -0.121. The molecule has 1 fully saturated rings. The molecule has 0 spiro atoms. The smallest absolute Gasteiger partial charge is 0.254 e. The first-order valence-electron chi connectivity index (χ1n) is 6.99. The van der Waals surface area contributed by atoms with E-state index in [1.165, 1.54) is 12.8 Å². The maximum absolute atomic E-state index is 11.7. The van der Waals surface area contributed by atoms with Crippen LogP contribution in [-0.2, 0) is 4.79 Å². The first-order chi connectivity index (χ1) is 10.2. The number of methoxy groups -OCH3 is 2. The van der Waals surface area contributed by atoms with Crippen LogP contribution in [0.25, 0.3) is 0 Å². The van der Waals surface area contributed by atoms with Crippen LogP contribution in [0.4, 0.5) is 0 Å². The largest absolute Gasteiger partial charge is 0.497 e. The summed E-state index contributed by atoms with van der Waals surface area (Å²) in [4.78, 5) is 13.9. The number of rotatable bonds is 6. The van der Waals surface area contributed by atoms with E-state index in [9.17, 15) is 4.79 Å². The minimum Gasteiger partial charge on any atom is -0.497 e. The number of carbonyl (C=O) groups is 1. The van der Waals surface area contributed by atoms with Gasteiger partial charge < -0.3 is 9.47 Å². The molecule has 1 aromatic carbocycles. The lowest BCUT2D eigenvalue weighted by atomic mass is 10.2. The van der Waals surface area contributed by atoms with Crippen molar-refractivity contribution in [1.82, 2.24) is 10.3 Å². The molecule has 0 radical (unpaired) electrons. The van der Waals surface area contributed by atoms with Crippen molar-refractivity contribution in [2.24, 2.45) is 5.10 Å². The molecule has 0 saturated carbocycles. The zero-order valence-corrected chi connectivity index (χ0v) is 12.5. The molecule has 21 heavy (non-hydrogen) atoms. The van der Waals surface area contributed by atoms with Crippen molar-refractivity contribution < 1.29 is 14.3 Å². The average Bonchev–Trinajstić information content (AvgIpc) is 3.00. The van der Waals surface area contributed by atoms with Gasteiger partial charge in [-0.1, -0.05) is 0 Å². The fourth-order valence-electron chi connectivity index (χ4n) is 2.28. The van der Waals surface area contributed by atoms with Crippen LogP contribution < -0.4 is 14.9 Å². The highest BCUT2D eigenvalue weighted by atomic mass is 16.5. The number of hydrazone groups is 1. The van der Waals surface area contributed by atoms with Gasteiger partial charge in [0.2, 0.25) is 0 Å². The first-order valence-corrected chi connectivity index (χ1v) is 6.99. The minimum atomic E-state index is -0.0966. The average molecular weight is 291 g/mol. The molecular weight excluding hydrogens is 270 g/mol. The second kappa shape index (κ2) is 7.64. The van der Waals surface area contributed by atoms with Gasteiger partial charge in [0.05, 0.1) is 27.0 Å². The number of hydrogen-bond donors (Lipinski definition) is 1. The number of nitrogens with one attached hydrogen (secondary N) is 1. The lowest BCUT2D eigenvalue weighted by Crippen LogP contribution is -2.33. The fourth-order valence-corrected chi connectivity index (χ4v) is 2.28. The molecule has 1 aromatic rings. The lowest BCUT2D eigenvalue weighted by Gasteiger charge is -2.12. The Bertz CT molecular complexity index is 511. The number of hydrogen-bond acceptors (Lipinski definition) is 5. The van der Waals surface area contributed by atoms with E-state index in [-0.39, 0.29) is 5.91 Å². The summed E-state index contributed by atoms with van der Waals surface area (Å²) in [5.41, 5.74) is 3.32. The molecule has 6 heteroatoms. The maximum atomic E-state index is 11.7. The van der Waals surface area contributed by atoms with E-state index in [0.29, 0.717) is 18.0 Å². The van der Waals surface area contributed by atoms with Gasteiger partial charge in [-0.05, 0) is 38.1 Å². The third kappa shape index (κ3) is 4.46. The Hall–Kier alpha value is -2.08. The van der Waals surface area contributed by atoms with Crippen molar-refractivity contribution in [2.75, 3.05) is 33.9 Å². The molecule has 1 aliphatic rings. The zero-order valence-electron chi connectivity index (χ0n) is 12.5. The van der Waals surface area contributed by atoms with Crippen LogP contribution in [0.2, 0.25) is 0 Å². The van der Waals surface area contributed by atoms with Gasteiger partial charge in [0.1, 0.15) is 11.5 Å². The van der Waals surface area contributed by atoms with Crippen LogP contribution in [0.3, 0.4) is 0 Å². The SMILES string of the molecule is COc1ccc(C=NNC(=O)CN2CCCC2)c(OC)c1. The van der Waals surface area contributed by atoms with Crippen LogP contribution in [0.15, 0.2) is 23.3 Å². The van der Waals surface area contributed by atoms with Gasteiger partial charge in [-0.2, -0.15) is 5.10 Å². The zero-order chi connectivity index (χ0) is 15.1. The summed E-state index contributed by atoms with van der Waals surface area (Å²) >= 11 is 0. The topological polar surface area (TPSA) is 63.2 Å². The summed E-state index contributed by atoms with van der Waals surface area (Å²) in [7, 11) is 3.18. The normalized spacial score (nSPS) is 15.3. The number of carbonyl (C=O) groups excluding carboxylic acids is 1. The predicted molar refractivity (Wildman–Crippen MR) is 81.0 cm³/mol. The first kappa shape index (κ1) is 15.3. The number of ether oxygens (including phenoxy) is 2. The van der Waals surface area contributed by atoms with E-state index in [2.05, 4.69) is 15.4 Å². The van der Waals surface area contributed by atoms with Crippen molar-refractivity contribution in [3.63, 3.8) is 0 Å². The van der Waals surface area contributed by atoms with E-state index in [4.69, 9.17) is 9.47 Å². The van der Waals surface area contributed by atoms with Gasteiger partial charge in [0, 0.05) is 11.6 Å². The van der Waals surface area contributed by atoms with E-state index in [1.54, 1.807) is 26.5 Å². The molecule has 1 amide bonds. The Labute approximate surface area is 124 Å². The Balaban J connectivity index is 1.89. The predicted octanol–water partition coefficient (Wildman–Crippen LogP) is 1.25. The Kier molecular flexibility index (Phi) is 5.57. The minimum absolute atomic E-state index is 0.0966. The van der Waals surface area contributed by atoms with Crippen LogP contribution in [0.5, 0.6) is 11.5 Å². The van der Waals surface area contributed by atoms with E-state index in [0.717, 1.165) is 18.7 Å². The monoisotopic (exact) mass is 291 g/mol. The molecule has 1 heterocycles. The highest BCUT2D eigenvalue weighted by molar-refractivity contribution is 5.86. The van der Waals surface area contributed by atoms with Crippen molar-refractivity contribution in [3.05, 3.63) is 23.8 Å². The van der Waals surface area contributed by atoms with Crippen LogP contribution in [-0.4, -0.2) is 50.9 Å². The molecule has 0 unspecified atom stereocenters. The van der Waals surface area contributed by atoms with Crippen molar-refractivity contribution in [2.45, 2.75) is 12.8 Å². The molecule has 6 nitrogen and oxygen atoms in total. The molecule has 2 rings (SSSR count). The number of amides is 1. The summed E-state index contributed by atoms with van der Waals surface area (Å²) in [5, 5.41) is 3.98. The molecule has 1 saturated heterocycles. The van der Waals surface area contributed by atoms with Crippen LogP contribution in [0.1, 0.15) is 18.4 Å². The molecule has 0 atom stereocenters. The molecule has 114 valence electrons. The Morgan fingerprint density at radius 1 is 1.33 bits per heavy atom. The number of likely N-dealkylation sites (tertiary alicyclic amines) is 1. The van der Waals surface area contributed by atoms with Crippen LogP contribution in [0, 0.1) is 0 Å². The van der Waals surface area contributed by atoms with Gasteiger partial charge in [-0.3, -0.25) is 9.69 Å². The molecule has 1 aliphatic heterocycles. The van der Waals surface area contributed by atoms with Crippen molar-refractivity contribution in [3.8, 4) is 11.5 Å². The summed E-state index contributed by atoms with van der Waals surface area (Å²) in [6, 6.07) is 5.41. The Morgan fingerprint density at radius 3 is 2.76 bits per heavy atom. The van der Waals surface area contributed by atoms with Gasteiger partial charge in [-0.15, -0.1) is 0 Å². The quantitative estimate of drug-likeness (QED) is 0.633. The highest BCUT2D eigenvalue weighted by Crippen LogP contribution is 2.22. The molecule has 0 aromatic heterocycles. The fraction of sp³-hybridized carbons (Fsp3) is 0.467.